The molecule has 158 valence electrons. The summed E-state index contributed by atoms with van der Waals surface area (Å²) in [5.74, 6) is 0.595. The summed E-state index contributed by atoms with van der Waals surface area (Å²) in [4.78, 5) is 20.5. The van der Waals surface area contributed by atoms with Gasteiger partial charge in [-0.2, -0.15) is 0 Å². The third-order valence-corrected chi connectivity index (χ3v) is 5.22. The SMILES string of the molecule is Cc1ccc(C2=NOC(CN(Cc3ccccc3)C(=O)COc3ccccc3)C2)cc1. The van der Waals surface area contributed by atoms with Crippen LogP contribution in [0.15, 0.2) is 90.1 Å². The van der Waals surface area contributed by atoms with Crippen molar-refractivity contribution in [2.45, 2.75) is 26.0 Å². The lowest BCUT2D eigenvalue weighted by molar-refractivity contribution is -0.135. The zero-order valence-corrected chi connectivity index (χ0v) is 17.6. The molecule has 5 nitrogen and oxygen atoms in total. The predicted molar refractivity (Wildman–Crippen MR) is 121 cm³/mol. The molecule has 1 aliphatic heterocycles. The fourth-order valence-electron chi connectivity index (χ4n) is 3.50. The average molecular weight is 415 g/mol. The number of aryl methyl sites for hydroxylation is 1. The van der Waals surface area contributed by atoms with Gasteiger partial charge in [0.05, 0.1) is 12.3 Å². The Kier molecular flexibility index (Phi) is 6.62. The van der Waals surface area contributed by atoms with Crippen LogP contribution < -0.4 is 4.74 Å². The van der Waals surface area contributed by atoms with Crippen LogP contribution in [-0.2, 0) is 16.2 Å². The summed E-state index contributed by atoms with van der Waals surface area (Å²) in [6.07, 6.45) is 0.488. The quantitative estimate of drug-likeness (QED) is 0.541. The molecule has 31 heavy (non-hydrogen) atoms. The molecule has 0 aliphatic carbocycles. The fourth-order valence-corrected chi connectivity index (χ4v) is 3.50. The van der Waals surface area contributed by atoms with E-state index in [9.17, 15) is 4.79 Å². The van der Waals surface area contributed by atoms with Crippen LogP contribution in [-0.4, -0.2) is 35.8 Å². The predicted octanol–water partition coefficient (Wildman–Crippen LogP) is 4.60. The zero-order chi connectivity index (χ0) is 21.5. The molecule has 0 saturated heterocycles. The van der Waals surface area contributed by atoms with Crippen molar-refractivity contribution in [3.8, 4) is 5.75 Å². The number of benzene rings is 3. The number of carbonyl (C=O) groups excluding carboxylic acids is 1. The van der Waals surface area contributed by atoms with Gasteiger partial charge in [-0.25, -0.2) is 0 Å². The highest BCUT2D eigenvalue weighted by molar-refractivity contribution is 6.01. The van der Waals surface area contributed by atoms with Crippen LogP contribution in [0.5, 0.6) is 5.75 Å². The van der Waals surface area contributed by atoms with Gasteiger partial charge in [0.15, 0.2) is 12.7 Å². The molecule has 0 radical (unpaired) electrons. The summed E-state index contributed by atoms with van der Waals surface area (Å²) in [6, 6.07) is 27.6. The standard InChI is InChI=1S/C26H26N2O3/c1-20-12-14-22(15-13-20)25-16-24(31-27-25)18-28(17-21-8-4-2-5-9-21)26(29)19-30-23-10-6-3-7-11-23/h2-15,24H,16-19H2,1H3. The monoisotopic (exact) mass is 414 g/mol. The first kappa shape index (κ1) is 20.7. The van der Waals surface area contributed by atoms with Gasteiger partial charge in [-0.3, -0.25) is 4.79 Å². The van der Waals surface area contributed by atoms with Crippen molar-refractivity contribution < 1.29 is 14.4 Å². The minimum absolute atomic E-state index is 0.0186. The molecule has 1 heterocycles. The van der Waals surface area contributed by atoms with Crippen molar-refractivity contribution in [3.05, 3.63) is 102 Å². The van der Waals surface area contributed by atoms with E-state index in [4.69, 9.17) is 9.57 Å². The Balaban J connectivity index is 1.40. The smallest absolute Gasteiger partial charge is 0.260 e. The van der Waals surface area contributed by atoms with Crippen molar-refractivity contribution in [1.82, 2.24) is 4.90 Å². The fraction of sp³-hybridized carbons (Fsp3) is 0.231. The maximum absolute atomic E-state index is 13.0. The molecule has 0 bridgehead atoms. The van der Waals surface area contributed by atoms with Gasteiger partial charge in [-0.1, -0.05) is 83.5 Å². The lowest BCUT2D eigenvalue weighted by Crippen LogP contribution is -2.39. The first-order valence-electron chi connectivity index (χ1n) is 10.5. The molecule has 1 amide bonds. The molecule has 0 aromatic heterocycles. The number of rotatable bonds is 8. The maximum Gasteiger partial charge on any atom is 0.260 e. The normalized spacial score (nSPS) is 15.1. The van der Waals surface area contributed by atoms with E-state index in [1.165, 1.54) is 5.56 Å². The Hall–Kier alpha value is -3.60. The number of hydrogen-bond donors (Lipinski definition) is 0. The number of amides is 1. The van der Waals surface area contributed by atoms with Crippen LogP contribution in [0.3, 0.4) is 0 Å². The van der Waals surface area contributed by atoms with Crippen molar-refractivity contribution in [1.29, 1.82) is 0 Å². The maximum atomic E-state index is 13.0. The lowest BCUT2D eigenvalue weighted by Gasteiger charge is -2.25. The van der Waals surface area contributed by atoms with Crippen LogP contribution >= 0.6 is 0 Å². The largest absolute Gasteiger partial charge is 0.484 e. The Morgan fingerprint density at radius 3 is 2.39 bits per heavy atom. The van der Waals surface area contributed by atoms with E-state index in [2.05, 4.69) is 36.3 Å². The van der Waals surface area contributed by atoms with E-state index in [0.29, 0.717) is 25.3 Å². The highest BCUT2D eigenvalue weighted by atomic mass is 16.6. The Labute approximate surface area is 182 Å². The van der Waals surface area contributed by atoms with Gasteiger partial charge in [0.1, 0.15) is 5.75 Å². The molecular weight excluding hydrogens is 388 g/mol. The number of ether oxygens (including phenoxy) is 1. The first-order valence-corrected chi connectivity index (χ1v) is 10.5. The van der Waals surface area contributed by atoms with Gasteiger partial charge in [-0.05, 0) is 30.2 Å². The van der Waals surface area contributed by atoms with Gasteiger partial charge in [-0.15, -0.1) is 0 Å². The minimum atomic E-state index is -0.180. The van der Waals surface area contributed by atoms with Gasteiger partial charge in [0.25, 0.3) is 5.91 Å². The van der Waals surface area contributed by atoms with Gasteiger partial charge < -0.3 is 14.5 Å². The van der Waals surface area contributed by atoms with Gasteiger partial charge in [0, 0.05) is 13.0 Å². The molecule has 4 rings (SSSR count). The molecule has 0 N–H and O–H groups in total. The van der Waals surface area contributed by atoms with Gasteiger partial charge >= 0.3 is 0 Å². The van der Waals surface area contributed by atoms with Crippen molar-refractivity contribution >= 4 is 11.6 Å². The van der Waals surface area contributed by atoms with E-state index in [1.54, 1.807) is 4.90 Å². The summed E-state index contributed by atoms with van der Waals surface area (Å²) in [7, 11) is 0. The molecule has 3 aromatic carbocycles. The molecular formula is C26H26N2O3. The second kappa shape index (κ2) is 9.94. The number of carbonyl (C=O) groups is 1. The molecule has 0 saturated carbocycles. The Morgan fingerprint density at radius 2 is 1.68 bits per heavy atom. The zero-order valence-electron chi connectivity index (χ0n) is 17.6. The third kappa shape index (κ3) is 5.72. The van der Waals surface area contributed by atoms with E-state index >= 15 is 0 Å². The van der Waals surface area contributed by atoms with Crippen molar-refractivity contribution in [2.24, 2.45) is 5.16 Å². The average Bonchev–Trinajstić information content (AvgIpc) is 3.27. The third-order valence-electron chi connectivity index (χ3n) is 5.22. The van der Waals surface area contributed by atoms with Crippen molar-refractivity contribution in [2.75, 3.05) is 13.2 Å². The summed E-state index contributed by atoms with van der Waals surface area (Å²) in [6.45, 7) is 2.99. The molecule has 5 heteroatoms. The molecule has 1 aliphatic rings. The topological polar surface area (TPSA) is 51.1 Å². The van der Waals surface area contributed by atoms with E-state index in [1.807, 2.05) is 60.7 Å². The van der Waals surface area contributed by atoms with E-state index in [-0.39, 0.29) is 18.6 Å². The van der Waals surface area contributed by atoms with Crippen LogP contribution in [0.2, 0.25) is 0 Å². The van der Waals surface area contributed by atoms with Crippen LogP contribution in [0.1, 0.15) is 23.1 Å². The number of hydrogen-bond acceptors (Lipinski definition) is 4. The lowest BCUT2D eigenvalue weighted by atomic mass is 10.0. The Bertz CT molecular complexity index is 1020. The molecule has 3 aromatic rings. The summed E-state index contributed by atoms with van der Waals surface area (Å²) >= 11 is 0. The Morgan fingerprint density at radius 1 is 1.00 bits per heavy atom. The van der Waals surface area contributed by atoms with Gasteiger partial charge in [0.2, 0.25) is 0 Å². The summed E-state index contributed by atoms with van der Waals surface area (Å²) < 4.78 is 5.69. The summed E-state index contributed by atoms with van der Waals surface area (Å²) in [5, 5.41) is 4.28. The molecule has 1 atom stereocenters. The van der Waals surface area contributed by atoms with Crippen LogP contribution in [0, 0.1) is 6.92 Å². The summed E-state index contributed by atoms with van der Waals surface area (Å²) in [5.41, 5.74) is 4.24. The molecule has 0 fully saturated rings. The van der Waals surface area contributed by atoms with Crippen LogP contribution in [0.4, 0.5) is 0 Å². The number of para-hydroxylation sites is 1. The molecule has 1 unspecified atom stereocenters. The van der Waals surface area contributed by atoms with Crippen LogP contribution in [0.25, 0.3) is 0 Å². The first-order chi connectivity index (χ1) is 15.2. The van der Waals surface area contributed by atoms with E-state index < -0.39 is 0 Å². The highest BCUT2D eigenvalue weighted by Gasteiger charge is 2.27. The number of oxime groups is 1. The van der Waals surface area contributed by atoms with Crippen molar-refractivity contribution in [3.63, 3.8) is 0 Å². The molecule has 0 spiro atoms. The minimum Gasteiger partial charge on any atom is -0.484 e. The van der Waals surface area contributed by atoms with E-state index in [0.717, 1.165) is 16.8 Å². The second-order valence-corrected chi connectivity index (χ2v) is 7.70. The number of nitrogens with zero attached hydrogens (tertiary/aromatic N) is 2. The second-order valence-electron chi connectivity index (χ2n) is 7.70. The highest BCUT2D eigenvalue weighted by Crippen LogP contribution is 2.19.